The van der Waals surface area contributed by atoms with Gasteiger partial charge in [0.1, 0.15) is 11.6 Å². The Hall–Kier alpha value is -3.21. The fourth-order valence-corrected chi connectivity index (χ4v) is 2.21. The second-order valence-corrected chi connectivity index (χ2v) is 4.94. The van der Waals surface area contributed by atoms with Crippen LogP contribution < -0.4 is 5.43 Å². The molecule has 0 atom stereocenters. The van der Waals surface area contributed by atoms with Crippen molar-refractivity contribution in [1.29, 1.82) is 0 Å². The molecule has 0 fully saturated rings. The van der Waals surface area contributed by atoms with Crippen molar-refractivity contribution < 1.29 is 14.3 Å². The minimum Gasteiger partial charge on any atom is -0.507 e. The predicted molar refractivity (Wildman–Crippen MR) is 87.1 cm³/mol. The van der Waals surface area contributed by atoms with Gasteiger partial charge in [-0.05, 0) is 29.0 Å². The van der Waals surface area contributed by atoms with Gasteiger partial charge in [-0.15, -0.1) is 0 Å². The van der Waals surface area contributed by atoms with E-state index < -0.39 is 11.7 Å². The zero-order chi connectivity index (χ0) is 16.2. The minimum absolute atomic E-state index is 0.106. The highest BCUT2D eigenvalue weighted by atomic mass is 19.1. The first kappa shape index (κ1) is 14.7. The molecule has 1 amide bonds. The number of halogens is 1. The lowest BCUT2D eigenvalue weighted by atomic mass is 10.1. The van der Waals surface area contributed by atoms with Crippen LogP contribution in [0.2, 0.25) is 0 Å². The molecule has 0 unspecified atom stereocenters. The number of nitrogens with one attached hydrogen (secondary N) is 1. The van der Waals surface area contributed by atoms with Crippen LogP contribution in [0.25, 0.3) is 10.8 Å². The quantitative estimate of drug-likeness (QED) is 0.575. The average Bonchev–Trinajstić information content (AvgIpc) is 2.56. The van der Waals surface area contributed by atoms with Crippen LogP contribution in [-0.4, -0.2) is 17.2 Å². The van der Waals surface area contributed by atoms with E-state index >= 15 is 0 Å². The van der Waals surface area contributed by atoms with Gasteiger partial charge in [-0.25, -0.2) is 9.82 Å². The number of fused-ring (bicyclic) bond motifs is 1. The van der Waals surface area contributed by atoms with E-state index in [1.165, 1.54) is 18.3 Å². The molecule has 5 heteroatoms. The number of nitrogens with zero attached hydrogens (tertiary/aromatic N) is 1. The minimum atomic E-state index is -0.569. The molecule has 0 bridgehead atoms. The summed E-state index contributed by atoms with van der Waals surface area (Å²) in [6, 6.07) is 16.6. The van der Waals surface area contributed by atoms with Gasteiger partial charge >= 0.3 is 0 Å². The van der Waals surface area contributed by atoms with E-state index in [9.17, 15) is 14.3 Å². The van der Waals surface area contributed by atoms with Gasteiger partial charge in [-0.2, -0.15) is 5.10 Å². The van der Waals surface area contributed by atoms with Gasteiger partial charge in [0, 0.05) is 5.56 Å². The number of phenolic OH excluding ortho intramolecular Hbond substituents is 1. The second kappa shape index (κ2) is 6.27. The highest BCUT2D eigenvalue weighted by Gasteiger charge is 2.11. The highest BCUT2D eigenvalue weighted by Crippen LogP contribution is 2.24. The molecule has 0 heterocycles. The Morgan fingerprint density at radius 2 is 1.70 bits per heavy atom. The van der Waals surface area contributed by atoms with Crippen molar-refractivity contribution in [3.8, 4) is 5.75 Å². The standard InChI is InChI=1S/C18H13FN2O2/c19-16-8-4-3-7-14(16)11-20-21-18(23)15-9-12-5-1-2-6-13(12)10-17(15)22/h1-11,22H,(H,21,23)/b20-11+. The summed E-state index contributed by atoms with van der Waals surface area (Å²) < 4.78 is 13.4. The third-order valence-corrected chi connectivity index (χ3v) is 3.38. The van der Waals surface area contributed by atoms with Crippen molar-refractivity contribution in [3.63, 3.8) is 0 Å². The van der Waals surface area contributed by atoms with E-state index in [4.69, 9.17) is 0 Å². The summed E-state index contributed by atoms with van der Waals surface area (Å²) in [5, 5.41) is 15.3. The second-order valence-electron chi connectivity index (χ2n) is 4.94. The summed E-state index contributed by atoms with van der Waals surface area (Å²) >= 11 is 0. The fourth-order valence-electron chi connectivity index (χ4n) is 2.21. The summed E-state index contributed by atoms with van der Waals surface area (Å²) in [7, 11) is 0. The third kappa shape index (κ3) is 3.18. The number of phenols is 1. The van der Waals surface area contributed by atoms with Crippen molar-refractivity contribution in [2.45, 2.75) is 0 Å². The SMILES string of the molecule is O=C(N/N=C/c1ccccc1F)c1cc2ccccc2cc1O. The van der Waals surface area contributed by atoms with Crippen LogP contribution in [0.4, 0.5) is 4.39 Å². The van der Waals surface area contributed by atoms with Crippen LogP contribution in [-0.2, 0) is 0 Å². The molecule has 0 spiro atoms. The molecule has 4 nitrogen and oxygen atoms in total. The molecule has 0 saturated carbocycles. The molecule has 3 aromatic rings. The maximum absolute atomic E-state index is 13.4. The molecule has 0 saturated heterocycles. The largest absolute Gasteiger partial charge is 0.507 e. The van der Waals surface area contributed by atoms with Crippen molar-refractivity contribution >= 4 is 22.9 Å². The number of hydrogen-bond acceptors (Lipinski definition) is 3. The molecule has 0 radical (unpaired) electrons. The van der Waals surface area contributed by atoms with E-state index in [2.05, 4.69) is 10.5 Å². The molecular formula is C18H13FN2O2. The van der Waals surface area contributed by atoms with Gasteiger partial charge in [0.25, 0.3) is 5.91 Å². The predicted octanol–water partition coefficient (Wildman–Crippen LogP) is 3.45. The van der Waals surface area contributed by atoms with Crippen molar-refractivity contribution in [1.82, 2.24) is 5.43 Å². The maximum atomic E-state index is 13.4. The van der Waals surface area contributed by atoms with Crippen LogP contribution in [0.1, 0.15) is 15.9 Å². The number of hydrazone groups is 1. The number of carbonyl (C=O) groups excluding carboxylic acids is 1. The Kier molecular flexibility index (Phi) is 4.01. The normalized spacial score (nSPS) is 11.0. The number of aromatic hydroxyl groups is 1. The van der Waals surface area contributed by atoms with Gasteiger partial charge < -0.3 is 5.11 Å². The van der Waals surface area contributed by atoms with Gasteiger partial charge in [0.2, 0.25) is 0 Å². The monoisotopic (exact) mass is 308 g/mol. The van der Waals surface area contributed by atoms with E-state index in [1.54, 1.807) is 24.3 Å². The first-order chi connectivity index (χ1) is 11.1. The molecule has 114 valence electrons. The van der Waals surface area contributed by atoms with E-state index in [1.807, 2.05) is 24.3 Å². The molecule has 23 heavy (non-hydrogen) atoms. The molecule has 0 aromatic heterocycles. The summed E-state index contributed by atoms with van der Waals surface area (Å²) in [6.45, 7) is 0. The first-order valence-electron chi connectivity index (χ1n) is 6.95. The molecule has 0 aliphatic carbocycles. The summed E-state index contributed by atoms with van der Waals surface area (Å²) in [6.07, 6.45) is 1.21. The van der Waals surface area contributed by atoms with Crippen LogP contribution >= 0.6 is 0 Å². The molecule has 2 N–H and O–H groups in total. The Bertz CT molecular complexity index is 906. The fraction of sp³-hybridized carbons (Fsp3) is 0. The lowest BCUT2D eigenvalue weighted by Crippen LogP contribution is -2.17. The Balaban J connectivity index is 1.81. The summed E-state index contributed by atoms with van der Waals surface area (Å²) in [5.74, 6) is -1.14. The van der Waals surface area contributed by atoms with E-state index in [0.717, 1.165) is 10.8 Å². The van der Waals surface area contributed by atoms with Gasteiger partial charge in [0.15, 0.2) is 0 Å². The molecule has 3 rings (SSSR count). The number of amides is 1. The lowest BCUT2D eigenvalue weighted by molar-refractivity contribution is 0.0952. The van der Waals surface area contributed by atoms with Crippen molar-refractivity contribution in [3.05, 3.63) is 77.6 Å². The molecule has 0 aliphatic rings. The average molecular weight is 308 g/mol. The van der Waals surface area contributed by atoms with Crippen molar-refractivity contribution in [2.75, 3.05) is 0 Å². The number of benzene rings is 3. The summed E-state index contributed by atoms with van der Waals surface area (Å²) in [4.78, 5) is 12.1. The first-order valence-corrected chi connectivity index (χ1v) is 6.95. The molecule has 3 aromatic carbocycles. The third-order valence-electron chi connectivity index (χ3n) is 3.38. The zero-order valence-corrected chi connectivity index (χ0v) is 12.0. The number of hydrogen-bond donors (Lipinski definition) is 2. The zero-order valence-electron chi connectivity index (χ0n) is 12.0. The Labute approximate surface area is 131 Å². The number of rotatable bonds is 3. The lowest BCUT2D eigenvalue weighted by Gasteiger charge is -2.05. The topological polar surface area (TPSA) is 61.7 Å². The van der Waals surface area contributed by atoms with Gasteiger partial charge in [-0.1, -0.05) is 42.5 Å². The Morgan fingerprint density at radius 3 is 2.43 bits per heavy atom. The van der Waals surface area contributed by atoms with Gasteiger partial charge in [-0.3, -0.25) is 4.79 Å². The van der Waals surface area contributed by atoms with Crippen LogP contribution in [0.15, 0.2) is 65.8 Å². The van der Waals surface area contributed by atoms with Crippen LogP contribution in [0.3, 0.4) is 0 Å². The summed E-state index contributed by atoms with van der Waals surface area (Å²) in [5.41, 5.74) is 2.65. The van der Waals surface area contributed by atoms with Crippen LogP contribution in [0.5, 0.6) is 5.75 Å². The molecule has 0 aliphatic heterocycles. The van der Waals surface area contributed by atoms with Crippen LogP contribution in [0, 0.1) is 5.82 Å². The van der Waals surface area contributed by atoms with E-state index in [-0.39, 0.29) is 16.9 Å². The Morgan fingerprint density at radius 1 is 1.04 bits per heavy atom. The number of carbonyl (C=O) groups is 1. The smallest absolute Gasteiger partial charge is 0.275 e. The van der Waals surface area contributed by atoms with Crippen molar-refractivity contribution in [2.24, 2.45) is 5.10 Å². The molecular weight excluding hydrogens is 295 g/mol. The van der Waals surface area contributed by atoms with E-state index in [0.29, 0.717) is 0 Å². The van der Waals surface area contributed by atoms with Gasteiger partial charge in [0.05, 0.1) is 11.8 Å². The highest BCUT2D eigenvalue weighted by molar-refractivity contribution is 6.01. The maximum Gasteiger partial charge on any atom is 0.275 e.